The third-order valence-corrected chi connectivity index (χ3v) is 5.71. The molecule has 3 aromatic rings. The van der Waals surface area contributed by atoms with E-state index in [0.29, 0.717) is 39.4 Å². The van der Waals surface area contributed by atoms with Gasteiger partial charge in [-0.25, -0.2) is 0 Å². The lowest BCUT2D eigenvalue weighted by molar-refractivity contribution is -0.122. The Balaban J connectivity index is 1.84. The van der Waals surface area contributed by atoms with Gasteiger partial charge >= 0.3 is 0 Å². The Labute approximate surface area is 215 Å². The summed E-state index contributed by atoms with van der Waals surface area (Å²) in [4.78, 5) is 27.5. The molecule has 0 fully saturated rings. The van der Waals surface area contributed by atoms with Crippen molar-refractivity contribution in [2.45, 2.75) is 19.4 Å². The van der Waals surface area contributed by atoms with Gasteiger partial charge in [0, 0.05) is 35.7 Å². The molecule has 3 rings (SSSR count). The normalized spacial score (nSPS) is 10.4. The standard InChI is InChI=1S/C27H29ClN2O6/c1-33-22-11-5-18(6-12-22)17-30(21-15-23(34-2)27(36-4)24(16-21)35-3)26(32)14-13-25(31)29-20-9-7-19(28)8-10-20/h5-12,15-16H,13-14,17H2,1-4H3,(H,29,31). The molecule has 0 aliphatic carbocycles. The number of rotatable bonds is 11. The summed E-state index contributed by atoms with van der Waals surface area (Å²) in [5, 5.41) is 3.35. The van der Waals surface area contributed by atoms with Crippen LogP contribution in [0.15, 0.2) is 60.7 Å². The Hall–Kier alpha value is -3.91. The second kappa shape index (κ2) is 12.7. The first kappa shape index (κ1) is 26.7. The fourth-order valence-corrected chi connectivity index (χ4v) is 3.70. The van der Waals surface area contributed by atoms with E-state index in [1.807, 2.05) is 24.3 Å². The van der Waals surface area contributed by atoms with Gasteiger partial charge in [-0.2, -0.15) is 0 Å². The van der Waals surface area contributed by atoms with E-state index in [2.05, 4.69) is 5.32 Å². The Bertz CT molecular complexity index is 1160. The first-order chi connectivity index (χ1) is 17.4. The largest absolute Gasteiger partial charge is 0.497 e. The van der Waals surface area contributed by atoms with Crippen molar-refractivity contribution in [3.63, 3.8) is 0 Å². The number of benzene rings is 3. The number of hydrogen-bond donors (Lipinski definition) is 1. The van der Waals surface area contributed by atoms with Gasteiger partial charge in [0.15, 0.2) is 11.5 Å². The monoisotopic (exact) mass is 512 g/mol. The van der Waals surface area contributed by atoms with E-state index >= 15 is 0 Å². The highest BCUT2D eigenvalue weighted by molar-refractivity contribution is 6.30. The molecule has 0 saturated heterocycles. The van der Waals surface area contributed by atoms with Crippen molar-refractivity contribution < 1.29 is 28.5 Å². The second-order valence-electron chi connectivity index (χ2n) is 7.77. The zero-order valence-corrected chi connectivity index (χ0v) is 21.4. The molecule has 9 heteroatoms. The summed E-state index contributed by atoms with van der Waals surface area (Å²) >= 11 is 5.89. The molecule has 0 atom stereocenters. The Morgan fingerprint density at radius 2 is 1.42 bits per heavy atom. The molecule has 0 spiro atoms. The van der Waals surface area contributed by atoms with Gasteiger partial charge in [0.2, 0.25) is 17.6 Å². The minimum absolute atomic E-state index is 0.00496. The maximum atomic E-state index is 13.4. The van der Waals surface area contributed by atoms with Crippen molar-refractivity contribution in [1.29, 1.82) is 0 Å². The molecule has 0 aliphatic heterocycles. The predicted molar refractivity (Wildman–Crippen MR) is 140 cm³/mol. The molecule has 8 nitrogen and oxygen atoms in total. The first-order valence-corrected chi connectivity index (χ1v) is 11.5. The average Bonchev–Trinajstić information content (AvgIpc) is 2.91. The summed E-state index contributed by atoms with van der Waals surface area (Å²) in [6, 6.07) is 17.6. The number of amides is 2. The van der Waals surface area contributed by atoms with Crippen LogP contribution >= 0.6 is 11.6 Å². The predicted octanol–water partition coefficient (Wildman–Crippen LogP) is 5.33. The van der Waals surface area contributed by atoms with E-state index in [0.717, 1.165) is 5.56 Å². The smallest absolute Gasteiger partial charge is 0.227 e. The Morgan fingerprint density at radius 1 is 0.806 bits per heavy atom. The highest BCUT2D eigenvalue weighted by Crippen LogP contribution is 2.41. The van der Waals surface area contributed by atoms with Crippen LogP contribution in [0.2, 0.25) is 5.02 Å². The number of nitrogens with zero attached hydrogens (tertiary/aromatic N) is 1. The van der Waals surface area contributed by atoms with Crippen LogP contribution in [0, 0.1) is 0 Å². The van der Waals surface area contributed by atoms with Gasteiger partial charge in [-0.1, -0.05) is 23.7 Å². The summed E-state index contributed by atoms with van der Waals surface area (Å²) in [5.41, 5.74) is 2.03. The summed E-state index contributed by atoms with van der Waals surface area (Å²) < 4.78 is 21.6. The Kier molecular flexibility index (Phi) is 9.41. The van der Waals surface area contributed by atoms with Crippen molar-refractivity contribution >= 4 is 34.8 Å². The number of nitrogens with one attached hydrogen (secondary N) is 1. The molecule has 36 heavy (non-hydrogen) atoms. The van der Waals surface area contributed by atoms with E-state index in [1.54, 1.807) is 48.4 Å². The number of ether oxygens (including phenoxy) is 4. The van der Waals surface area contributed by atoms with E-state index in [-0.39, 0.29) is 31.2 Å². The van der Waals surface area contributed by atoms with Gasteiger partial charge < -0.3 is 29.2 Å². The maximum absolute atomic E-state index is 13.4. The summed E-state index contributed by atoms with van der Waals surface area (Å²) in [7, 11) is 6.13. The van der Waals surface area contributed by atoms with Gasteiger partial charge in [-0.05, 0) is 42.0 Å². The summed E-state index contributed by atoms with van der Waals surface area (Å²) in [5.74, 6) is 1.44. The van der Waals surface area contributed by atoms with Crippen LogP contribution in [0.5, 0.6) is 23.0 Å². The molecular formula is C27H29ClN2O6. The fourth-order valence-electron chi connectivity index (χ4n) is 3.57. The molecule has 0 saturated carbocycles. The van der Waals surface area contributed by atoms with Crippen molar-refractivity contribution in [3.05, 3.63) is 71.2 Å². The van der Waals surface area contributed by atoms with E-state index in [9.17, 15) is 9.59 Å². The highest BCUT2D eigenvalue weighted by Gasteiger charge is 2.22. The van der Waals surface area contributed by atoms with Gasteiger partial charge in [0.25, 0.3) is 0 Å². The lowest BCUT2D eigenvalue weighted by atomic mass is 10.1. The van der Waals surface area contributed by atoms with Gasteiger partial charge in [-0.3, -0.25) is 9.59 Å². The molecule has 0 radical (unpaired) electrons. The topological polar surface area (TPSA) is 86.3 Å². The number of carbonyl (C=O) groups is 2. The van der Waals surface area contributed by atoms with Gasteiger partial charge in [0.05, 0.1) is 40.7 Å². The third-order valence-electron chi connectivity index (χ3n) is 5.46. The third kappa shape index (κ3) is 6.82. The Morgan fingerprint density at radius 3 is 1.94 bits per heavy atom. The van der Waals surface area contributed by atoms with Crippen LogP contribution in [0.4, 0.5) is 11.4 Å². The molecule has 0 aliphatic rings. The van der Waals surface area contributed by atoms with Gasteiger partial charge in [0.1, 0.15) is 5.75 Å². The van der Waals surface area contributed by atoms with E-state index in [1.165, 1.54) is 21.3 Å². The summed E-state index contributed by atoms with van der Waals surface area (Å²) in [6.07, 6.45) is -0.00274. The zero-order chi connectivity index (χ0) is 26.1. The van der Waals surface area contributed by atoms with Crippen LogP contribution < -0.4 is 29.2 Å². The minimum atomic E-state index is -0.278. The van der Waals surface area contributed by atoms with Crippen molar-refractivity contribution in [1.82, 2.24) is 0 Å². The minimum Gasteiger partial charge on any atom is -0.497 e. The summed E-state index contributed by atoms with van der Waals surface area (Å²) in [6.45, 7) is 0.264. The number of hydrogen-bond acceptors (Lipinski definition) is 6. The first-order valence-electron chi connectivity index (χ1n) is 11.2. The van der Waals surface area contributed by atoms with E-state index < -0.39 is 0 Å². The zero-order valence-electron chi connectivity index (χ0n) is 20.7. The van der Waals surface area contributed by atoms with Crippen LogP contribution in [-0.4, -0.2) is 40.3 Å². The average molecular weight is 513 g/mol. The number of methoxy groups -OCH3 is 4. The highest BCUT2D eigenvalue weighted by atomic mass is 35.5. The number of anilines is 2. The lowest BCUT2D eigenvalue weighted by Gasteiger charge is -2.25. The van der Waals surface area contributed by atoms with Crippen molar-refractivity contribution in [2.24, 2.45) is 0 Å². The fraction of sp³-hybridized carbons (Fsp3) is 0.259. The molecule has 190 valence electrons. The number of halogens is 1. The van der Waals surface area contributed by atoms with Crippen molar-refractivity contribution in [2.75, 3.05) is 38.7 Å². The molecule has 0 aromatic heterocycles. The lowest BCUT2D eigenvalue weighted by Crippen LogP contribution is -2.31. The van der Waals surface area contributed by atoms with Crippen LogP contribution in [0.3, 0.4) is 0 Å². The van der Waals surface area contributed by atoms with Gasteiger partial charge in [-0.15, -0.1) is 0 Å². The van der Waals surface area contributed by atoms with Crippen molar-refractivity contribution in [3.8, 4) is 23.0 Å². The molecule has 3 aromatic carbocycles. The molecule has 2 amide bonds. The SMILES string of the molecule is COc1ccc(CN(C(=O)CCC(=O)Nc2ccc(Cl)cc2)c2cc(OC)c(OC)c(OC)c2)cc1. The molecule has 0 heterocycles. The van der Waals surface area contributed by atoms with Crippen LogP contribution in [0.1, 0.15) is 18.4 Å². The van der Waals surface area contributed by atoms with E-state index in [4.69, 9.17) is 30.5 Å². The van der Waals surface area contributed by atoms with Crippen LogP contribution in [0.25, 0.3) is 0 Å². The number of carbonyl (C=O) groups excluding carboxylic acids is 2. The maximum Gasteiger partial charge on any atom is 0.227 e. The quantitative estimate of drug-likeness (QED) is 0.374. The van der Waals surface area contributed by atoms with Crippen LogP contribution in [-0.2, 0) is 16.1 Å². The second-order valence-corrected chi connectivity index (χ2v) is 8.20. The molecule has 0 unspecified atom stereocenters. The molecule has 1 N–H and O–H groups in total. The molecule has 0 bridgehead atoms. The molecular weight excluding hydrogens is 484 g/mol.